The summed E-state index contributed by atoms with van der Waals surface area (Å²) in [5.74, 6) is 1.94. The zero-order valence-corrected chi connectivity index (χ0v) is 17.5. The van der Waals surface area contributed by atoms with Crippen molar-refractivity contribution in [3.05, 3.63) is 0 Å². The Bertz CT molecular complexity index is 499. The number of carbonyl (C=O) groups excluding carboxylic acids is 3. The van der Waals surface area contributed by atoms with Gasteiger partial charge in [0.1, 0.15) is 0 Å². The topological polar surface area (TPSA) is 54.5 Å². The van der Waals surface area contributed by atoms with Crippen molar-refractivity contribution in [3.63, 3.8) is 0 Å². The van der Waals surface area contributed by atoms with Gasteiger partial charge in [0.25, 0.3) is 0 Å². The Morgan fingerprint density at radius 3 is 2.32 bits per heavy atom. The van der Waals surface area contributed by atoms with E-state index < -0.39 is 0 Å². The lowest BCUT2D eigenvalue weighted by Crippen LogP contribution is -2.37. The van der Waals surface area contributed by atoms with E-state index in [4.69, 9.17) is 0 Å². The van der Waals surface area contributed by atoms with Crippen LogP contribution in [0.1, 0.15) is 59.8 Å². The normalized spacial score (nSPS) is 27.6. The summed E-state index contributed by atoms with van der Waals surface area (Å²) >= 11 is 3.06. The first-order valence-electron chi connectivity index (χ1n) is 9.44. The molecular weight excluding hydrogens is 354 g/mol. The Balaban J connectivity index is 1.80. The van der Waals surface area contributed by atoms with Gasteiger partial charge in [-0.3, -0.25) is 19.3 Å². The molecule has 1 saturated heterocycles. The van der Waals surface area contributed by atoms with E-state index >= 15 is 0 Å². The van der Waals surface area contributed by atoms with Crippen LogP contribution in [0.25, 0.3) is 0 Å². The molecule has 2 rings (SSSR count). The van der Waals surface area contributed by atoms with Gasteiger partial charge >= 0.3 is 0 Å². The number of rotatable bonds is 7. The first-order chi connectivity index (χ1) is 11.8. The maximum atomic E-state index is 12.5. The Kier molecular flexibility index (Phi) is 7.87. The summed E-state index contributed by atoms with van der Waals surface area (Å²) in [7, 11) is 0. The summed E-state index contributed by atoms with van der Waals surface area (Å²) in [6, 6.07) is 0. The molecule has 1 aliphatic carbocycles. The van der Waals surface area contributed by atoms with E-state index in [2.05, 4.69) is 13.8 Å². The van der Waals surface area contributed by atoms with Gasteiger partial charge in [0, 0.05) is 24.1 Å². The highest BCUT2D eigenvalue weighted by atomic mass is 32.2. The SMILES string of the molecule is CC(C)CSC1CC(=O)N(CC2CCC(C(=O)SC(C)C)CC2)C1=O. The van der Waals surface area contributed by atoms with Crippen LogP contribution >= 0.6 is 23.5 Å². The molecule has 0 aromatic rings. The molecule has 142 valence electrons. The number of imide groups is 1. The van der Waals surface area contributed by atoms with Crippen molar-refractivity contribution >= 4 is 40.5 Å². The van der Waals surface area contributed by atoms with Crippen molar-refractivity contribution in [1.29, 1.82) is 0 Å². The van der Waals surface area contributed by atoms with Gasteiger partial charge in [-0.15, -0.1) is 11.8 Å². The molecule has 1 atom stereocenters. The lowest BCUT2D eigenvalue weighted by atomic mass is 9.82. The largest absolute Gasteiger partial charge is 0.287 e. The summed E-state index contributed by atoms with van der Waals surface area (Å²) in [5, 5.41) is 0.465. The number of amides is 2. The van der Waals surface area contributed by atoms with Crippen LogP contribution in [0.4, 0.5) is 0 Å². The molecule has 6 heteroatoms. The van der Waals surface area contributed by atoms with Gasteiger partial charge in [0.05, 0.1) is 5.25 Å². The van der Waals surface area contributed by atoms with Gasteiger partial charge in [-0.1, -0.05) is 39.5 Å². The Labute approximate surface area is 160 Å². The number of nitrogens with zero attached hydrogens (tertiary/aromatic N) is 1. The van der Waals surface area contributed by atoms with Gasteiger partial charge in [-0.25, -0.2) is 0 Å². The van der Waals surface area contributed by atoms with E-state index in [0.717, 1.165) is 31.4 Å². The minimum atomic E-state index is -0.185. The number of hydrogen-bond donors (Lipinski definition) is 0. The predicted molar refractivity (Wildman–Crippen MR) is 106 cm³/mol. The number of likely N-dealkylation sites (tertiary alicyclic amines) is 1. The Morgan fingerprint density at radius 2 is 1.76 bits per heavy atom. The molecule has 1 unspecified atom stereocenters. The summed E-state index contributed by atoms with van der Waals surface area (Å²) in [5.41, 5.74) is 0. The van der Waals surface area contributed by atoms with E-state index in [0.29, 0.717) is 35.2 Å². The van der Waals surface area contributed by atoms with Crippen molar-refractivity contribution in [3.8, 4) is 0 Å². The van der Waals surface area contributed by atoms with Crippen LogP contribution in [-0.2, 0) is 14.4 Å². The van der Waals surface area contributed by atoms with Gasteiger partial charge in [-0.2, -0.15) is 0 Å². The molecule has 0 N–H and O–H groups in total. The van der Waals surface area contributed by atoms with Crippen molar-refractivity contribution in [1.82, 2.24) is 4.90 Å². The van der Waals surface area contributed by atoms with Crippen LogP contribution in [0.2, 0.25) is 0 Å². The fourth-order valence-corrected chi connectivity index (χ4v) is 5.49. The monoisotopic (exact) mass is 385 g/mol. The van der Waals surface area contributed by atoms with Crippen molar-refractivity contribution in [2.75, 3.05) is 12.3 Å². The molecule has 4 nitrogen and oxygen atoms in total. The highest BCUT2D eigenvalue weighted by Crippen LogP contribution is 2.35. The van der Waals surface area contributed by atoms with Crippen molar-refractivity contribution < 1.29 is 14.4 Å². The van der Waals surface area contributed by atoms with Crippen molar-refractivity contribution in [2.24, 2.45) is 17.8 Å². The van der Waals surface area contributed by atoms with E-state index in [9.17, 15) is 14.4 Å². The minimum Gasteiger partial charge on any atom is -0.287 e. The molecule has 2 fully saturated rings. The number of carbonyl (C=O) groups is 3. The van der Waals surface area contributed by atoms with Crippen LogP contribution in [0, 0.1) is 17.8 Å². The fourth-order valence-electron chi connectivity index (χ4n) is 3.45. The molecule has 0 aromatic carbocycles. The lowest BCUT2D eigenvalue weighted by Gasteiger charge is -2.30. The average Bonchev–Trinajstić information content (AvgIpc) is 2.80. The molecule has 2 aliphatic rings. The van der Waals surface area contributed by atoms with Crippen LogP contribution < -0.4 is 0 Å². The molecule has 2 amide bonds. The second kappa shape index (κ2) is 9.45. The van der Waals surface area contributed by atoms with Crippen molar-refractivity contribution in [2.45, 2.75) is 70.3 Å². The second-order valence-electron chi connectivity index (χ2n) is 7.97. The Morgan fingerprint density at radius 1 is 1.12 bits per heavy atom. The predicted octanol–water partition coefficient (Wildman–Crippen LogP) is 3.98. The van der Waals surface area contributed by atoms with Gasteiger partial charge in [-0.05, 0) is 43.3 Å². The van der Waals surface area contributed by atoms with Gasteiger partial charge in [0.15, 0.2) is 5.12 Å². The second-order valence-corrected chi connectivity index (χ2v) is 10.8. The standard InChI is InChI=1S/C19H31NO3S2/c1-12(2)11-24-16-9-17(21)20(18(16)22)10-14-5-7-15(8-6-14)19(23)25-13(3)4/h12-16H,5-11H2,1-4H3. The van der Waals surface area contributed by atoms with E-state index in [1.807, 2.05) is 13.8 Å². The zero-order valence-electron chi connectivity index (χ0n) is 15.8. The lowest BCUT2D eigenvalue weighted by molar-refractivity contribution is -0.139. The zero-order chi connectivity index (χ0) is 18.6. The van der Waals surface area contributed by atoms with Crippen LogP contribution in [0.3, 0.4) is 0 Å². The third-order valence-corrected chi connectivity index (χ3v) is 7.47. The molecule has 25 heavy (non-hydrogen) atoms. The average molecular weight is 386 g/mol. The molecule has 0 radical (unpaired) electrons. The summed E-state index contributed by atoms with van der Waals surface area (Å²) < 4.78 is 0. The third kappa shape index (κ3) is 6.02. The third-order valence-electron chi connectivity index (χ3n) is 4.81. The molecule has 1 heterocycles. The molecule has 0 bridgehead atoms. The fraction of sp³-hybridized carbons (Fsp3) is 0.842. The molecular formula is C19H31NO3S2. The Hall–Kier alpha value is -0.490. The highest BCUT2D eigenvalue weighted by molar-refractivity contribution is 8.14. The summed E-state index contributed by atoms with van der Waals surface area (Å²) in [6.45, 7) is 8.90. The van der Waals surface area contributed by atoms with Crippen LogP contribution in [0.5, 0.6) is 0 Å². The van der Waals surface area contributed by atoms with Crippen LogP contribution in [-0.4, -0.2) is 44.6 Å². The van der Waals surface area contributed by atoms with Gasteiger partial charge < -0.3 is 0 Å². The molecule has 0 spiro atoms. The summed E-state index contributed by atoms with van der Waals surface area (Å²) in [6.07, 6.45) is 4.02. The number of hydrogen-bond acceptors (Lipinski definition) is 5. The first kappa shape index (κ1) is 20.8. The smallest absolute Gasteiger partial charge is 0.242 e. The number of thioether (sulfide) groups is 2. The maximum absolute atomic E-state index is 12.5. The molecule has 1 saturated carbocycles. The summed E-state index contributed by atoms with van der Waals surface area (Å²) in [4.78, 5) is 38.4. The van der Waals surface area contributed by atoms with Crippen LogP contribution in [0.15, 0.2) is 0 Å². The first-order valence-corrected chi connectivity index (χ1v) is 11.4. The highest BCUT2D eigenvalue weighted by Gasteiger charge is 2.40. The molecule has 0 aromatic heterocycles. The molecule has 1 aliphatic heterocycles. The van der Waals surface area contributed by atoms with E-state index in [1.54, 1.807) is 11.8 Å². The minimum absolute atomic E-state index is 0.00390. The van der Waals surface area contributed by atoms with E-state index in [-0.39, 0.29) is 23.0 Å². The van der Waals surface area contributed by atoms with E-state index in [1.165, 1.54) is 16.7 Å². The maximum Gasteiger partial charge on any atom is 0.242 e. The quantitative estimate of drug-likeness (QED) is 0.621. The van der Waals surface area contributed by atoms with Gasteiger partial charge in [0.2, 0.25) is 11.8 Å².